The Hall–Kier alpha value is -0.990. The van der Waals surface area contributed by atoms with Gasteiger partial charge in [-0.3, -0.25) is 9.80 Å². The lowest BCUT2D eigenvalue weighted by Crippen LogP contribution is -2.46. The monoisotopic (exact) mass is 365 g/mol. The van der Waals surface area contributed by atoms with Crippen molar-refractivity contribution in [2.24, 2.45) is 0 Å². The molecule has 1 aromatic rings. The van der Waals surface area contributed by atoms with E-state index in [1.54, 1.807) is 0 Å². The highest BCUT2D eigenvalue weighted by Gasteiger charge is 2.43. The Balaban J connectivity index is 1.38. The summed E-state index contributed by atoms with van der Waals surface area (Å²) in [7, 11) is 0. The Morgan fingerprint density at radius 2 is 1.85 bits per heavy atom. The molecule has 3 saturated heterocycles. The molecule has 1 aromatic heterocycles. The molecule has 146 valence electrons. The summed E-state index contributed by atoms with van der Waals surface area (Å²) in [6.45, 7) is 12.9. The van der Waals surface area contributed by atoms with Gasteiger partial charge in [-0.05, 0) is 26.7 Å². The predicted molar refractivity (Wildman–Crippen MR) is 96.2 cm³/mol. The molecule has 4 heterocycles. The number of hydrogen-bond acceptors (Lipinski definition) is 7. The molecule has 3 fully saturated rings. The Bertz CT molecular complexity index is 582. The van der Waals surface area contributed by atoms with Crippen molar-refractivity contribution >= 4 is 0 Å². The molecule has 0 bridgehead atoms. The van der Waals surface area contributed by atoms with Gasteiger partial charge < -0.3 is 18.7 Å². The molecule has 0 N–H and O–H groups in total. The van der Waals surface area contributed by atoms with Crippen LogP contribution < -0.4 is 0 Å². The number of hydrogen-bond donors (Lipinski definition) is 0. The number of morpholine rings is 1. The zero-order valence-electron chi connectivity index (χ0n) is 16.0. The molecule has 4 rings (SSSR count). The van der Waals surface area contributed by atoms with Crippen molar-refractivity contribution in [3.63, 3.8) is 0 Å². The third kappa shape index (κ3) is 4.12. The maximum atomic E-state index is 6.59. The molecule has 0 saturated carbocycles. The summed E-state index contributed by atoms with van der Waals surface area (Å²) in [6.07, 6.45) is 2.48. The molecular weight excluding hydrogens is 334 g/mol. The standard InChI is InChI=1S/C19H31N3O4/c1-15-18(16(2)26-20-15)12-22-7-10-24-14-19(13-22)4-3-17(25-19)11-21-5-8-23-9-6-21/h17H,3-14H2,1-2H3/t17-,19-/m1/s1. The van der Waals surface area contributed by atoms with Crippen LogP contribution in [-0.2, 0) is 20.8 Å². The van der Waals surface area contributed by atoms with Crippen LogP contribution in [-0.4, -0.2) is 85.8 Å². The highest BCUT2D eigenvalue weighted by Crippen LogP contribution is 2.34. The van der Waals surface area contributed by atoms with Crippen molar-refractivity contribution in [2.45, 2.75) is 44.9 Å². The Labute approximate surface area is 155 Å². The van der Waals surface area contributed by atoms with E-state index in [2.05, 4.69) is 15.0 Å². The first-order chi connectivity index (χ1) is 12.6. The summed E-state index contributed by atoms with van der Waals surface area (Å²) in [5, 5.41) is 4.09. The smallest absolute Gasteiger partial charge is 0.138 e. The zero-order valence-corrected chi connectivity index (χ0v) is 16.0. The summed E-state index contributed by atoms with van der Waals surface area (Å²) >= 11 is 0. The first-order valence-corrected chi connectivity index (χ1v) is 9.83. The first kappa shape index (κ1) is 18.4. The van der Waals surface area contributed by atoms with E-state index in [1.807, 2.05) is 13.8 Å². The van der Waals surface area contributed by atoms with Crippen molar-refractivity contribution in [1.82, 2.24) is 15.0 Å². The van der Waals surface area contributed by atoms with Crippen molar-refractivity contribution in [3.05, 3.63) is 17.0 Å². The van der Waals surface area contributed by atoms with E-state index in [4.69, 9.17) is 18.7 Å². The molecule has 0 aromatic carbocycles. The van der Waals surface area contributed by atoms with Gasteiger partial charge in [0.15, 0.2) is 0 Å². The highest BCUT2D eigenvalue weighted by atomic mass is 16.6. The van der Waals surface area contributed by atoms with E-state index in [0.717, 1.165) is 83.4 Å². The topological polar surface area (TPSA) is 60.2 Å². The van der Waals surface area contributed by atoms with Crippen LogP contribution in [0.1, 0.15) is 29.9 Å². The van der Waals surface area contributed by atoms with E-state index < -0.39 is 0 Å². The van der Waals surface area contributed by atoms with Crippen LogP contribution in [0.5, 0.6) is 0 Å². The quantitative estimate of drug-likeness (QED) is 0.799. The van der Waals surface area contributed by atoms with Crippen molar-refractivity contribution in [1.29, 1.82) is 0 Å². The Morgan fingerprint density at radius 1 is 1.08 bits per heavy atom. The summed E-state index contributed by atoms with van der Waals surface area (Å²) < 4.78 is 23.3. The van der Waals surface area contributed by atoms with Gasteiger partial charge in [0.1, 0.15) is 11.4 Å². The van der Waals surface area contributed by atoms with Gasteiger partial charge in [-0.15, -0.1) is 0 Å². The Kier molecular flexibility index (Phi) is 5.61. The normalized spacial score (nSPS) is 31.5. The molecular formula is C19H31N3O4. The molecule has 1 spiro atoms. The number of nitrogens with zero attached hydrogens (tertiary/aromatic N) is 3. The fourth-order valence-corrected chi connectivity index (χ4v) is 4.39. The second kappa shape index (κ2) is 7.94. The third-order valence-corrected chi connectivity index (χ3v) is 5.90. The van der Waals surface area contributed by atoms with Crippen molar-refractivity contribution < 1.29 is 18.7 Å². The minimum absolute atomic E-state index is 0.174. The second-order valence-electron chi connectivity index (χ2n) is 7.94. The minimum atomic E-state index is -0.174. The molecule has 7 nitrogen and oxygen atoms in total. The molecule has 2 atom stereocenters. The molecule has 7 heteroatoms. The minimum Gasteiger partial charge on any atom is -0.379 e. The van der Waals surface area contributed by atoms with Gasteiger partial charge in [-0.25, -0.2) is 0 Å². The van der Waals surface area contributed by atoms with Crippen LogP contribution >= 0.6 is 0 Å². The zero-order chi connectivity index (χ0) is 18.0. The molecule has 26 heavy (non-hydrogen) atoms. The molecule has 0 amide bonds. The fourth-order valence-electron chi connectivity index (χ4n) is 4.39. The van der Waals surface area contributed by atoms with Gasteiger partial charge >= 0.3 is 0 Å². The van der Waals surface area contributed by atoms with E-state index in [0.29, 0.717) is 12.7 Å². The van der Waals surface area contributed by atoms with Crippen LogP contribution in [0.3, 0.4) is 0 Å². The average Bonchev–Trinajstić information content (AvgIpc) is 3.09. The highest BCUT2D eigenvalue weighted by molar-refractivity contribution is 5.20. The lowest BCUT2D eigenvalue weighted by Gasteiger charge is -2.33. The number of aromatic nitrogens is 1. The van der Waals surface area contributed by atoms with Crippen LogP contribution in [0, 0.1) is 13.8 Å². The summed E-state index contributed by atoms with van der Waals surface area (Å²) in [4.78, 5) is 4.91. The molecule has 0 unspecified atom stereocenters. The van der Waals surface area contributed by atoms with Gasteiger partial charge in [-0.1, -0.05) is 5.16 Å². The van der Waals surface area contributed by atoms with Gasteiger partial charge in [-0.2, -0.15) is 0 Å². The average molecular weight is 365 g/mol. The van der Waals surface area contributed by atoms with E-state index in [1.165, 1.54) is 5.56 Å². The third-order valence-electron chi connectivity index (χ3n) is 5.90. The van der Waals surface area contributed by atoms with Gasteiger partial charge in [0, 0.05) is 44.8 Å². The summed E-state index contributed by atoms with van der Waals surface area (Å²) in [5.41, 5.74) is 2.01. The lowest BCUT2D eigenvalue weighted by molar-refractivity contribution is -0.0967. The maximum absolute atomic E-state index is 6.59. The van der Waals surface area contributed by atoms with Crippen molar-refractivity contribution in [3.8, 4) is 0 Å². The summed E-state index contributed by atoms with van der Waals surface area (Å²) in [6, 6.07) is 0. The van der Waals surface area contributed by atoms with E-state index >= 15 is 0 Å². The number of rotatable bonds is 4. The van der Waals surface area contributed by atoms with Crippen molar-refractivity contribution in [2.75, 3.05) is 59.2 Å². The largest absolute Gasteiger partial charge is 0.379 e. The molecule has 0 aliphatic carbocycles. The number of ether oxygens (including phenoxy) is 3. The van der Waals surface area contributed by atoms with E-state index in [-0.39, 0.29) is 5.60 Å². The lowest BCUT2D eigenvalue weighted by atomic mass is 9.99. The van der Waals surface area contributed by atoms with Crippen LogP contribution in [0.25, 0.3) is 0 Å². The van der Waals surface area contributed by atoms with Crippen LogP contribution in [0.15, 0.2) is 4.52 Å². The van der Waals surface area contributed by atoms with Crippen LogP contribution in [0.4, 0.5) is 0 Å². The number of aryl methyl sites for hydroxylation is 2. The fraction of sp³-hybridized carbons (Fsp3) is 0.842. The van der Waals surface area contributed by atoms with Gasteiger partial charge in [0.25, 0.3) is 0 Å². The van der Waals surface area contributed by atoms with E-state index in [9.17, 15) is 0 Å². The van der Waals surface area contributed by atoms with Crippen LogP contribution in [0.2, 0.25) is 0 Å². The first-order valence-electron chi connectivity index (χ1n) is 9.83. The SMILES string of the molecule is Cc1noc(C)c1CN1CCOC[C@@]2(CC[C@H](CN3CCOCC3)O2)C1. The maximum Gasteiger partial charge on any atom is 0.138 e. The molecule has 3 aliphatic heterocycles. The molecule has 3 aliphatic rings. The molecule has 0 radical (unpaired) electrons. The van der Waals surface area contributed by atoms with Gasteiger partial charge in [0.05, 0.1) is 38.2 Å². The predicted octanol–water partition coefficient (Wildman–Crippen LogP) is 1.37. The second-order valence-corrected chi connectivity index (χ2v) is 7.94. The Morgan fingerprint density at radius 3 is 2.62 bits per heavy atom. The summed E-state index contributed by atoms with van der Waals surface area (Å²) in [5.74, 6) is 0.916. The van der Waals surface area contributed by atoms with Gasteiger partial charge in [0.2, 0.25) is 0 Å².